The number of ether oxygens (including phenoxy) is 1. The van der Waals surface area contributed by atoms with E-state index in [1.807, 2.05) is 0 Å². The maximum atomic E-state index is 11.2. The molecule has 1 saturated heterocycles. The van der Waals surface area contributed by atoms with Gasteiger partial charge in [0.1, 0.15) is 5.76 Å². The van der Waals surface area contributed by atoms with Gasteiger partial charge in [0, 0.05) is 12.0 Å². The lowest BCUT2D eigenvalue weighted by Gasteiger charge is -2.20. The highest BCUT2D eigenvalue weighted by Gasteiger charge is 2.21. The van der Waals surface area contributed by atoms with E-state index in [9.17, 15) is 9.59 Å². The molecular weight excluding hydrogens is 200 g/mol. The van der Waals surface area contributed by atoms with Gasteiger partial charge in [-0.15, -0.1) is 0 Å². The normalized spacial score (nSPS) is 16.9. The molecule has 0 amide bonds. The topological polar surface area (TPSA) is 61.8 Å². The fourth-order valence-corrected chi connectivity index (χ4v) is 0.823. The zero-order valence-electron chi connectivity index (χ0n) is 8.66. The predicted octanol–water partition coefficient (Wildman–Crippen LogP) is 1.26. The van der Waals surface area contributed by atoms with Gasteiger partial charge < -0.3 is 4.74 Å². The van der Waals surface area contributed by atoms with Crippen molar-refractivity contribution in [2.75, 3.05) is 6.61 Å². The molecule has 5 nitrogen and oxygen atoms in total. The molecule has 0 aromatic carbocycles. The second kappa shape index (κ2) is 4.63. The molecule has 1 heterocycles. The van der Waals surface area contributed by atoms with Crippen molar-refractivity contribution in [3.05, 3.63) is 23.5 Å². The number of carbonyl (C=O) groups excluding carboxylic acids is 2. The van der Waals surface area contributed by atoms with Gasteiger partial charge in [-0.1, -0.05) is 6.58 Å². The summed E-state index contributed by atoms with van der Waals surface area (Å²) in [5.41, 5.74) is 0.476. The zero-order chi connectivity index (χ0) is 11.4. The van der Waals surface area contributed by atoms with Crippen LogP contribution >= 0.6 is 0 Å². The molecule has 1 aliphatic heterocycles. The van der Waals surface area contributed by atoms with E-state index < -0.39 is 11.9 Å². The summed E-state index contributed by atoms with van der Waals surface area (Å²) in [7, 11) is 0. The lowest BCUT2D eigenvalue weighted by molar-refractivity contribution is -0.252. The maximum Gasteiger partial charge on any atom is 0.385 e. The highest BCUT2D eigenvalue weighted by Crippen LogP contribution is 2.20. The molecule has 0 radical (unpaired) electrons. The first-order chi connectivity index (χ1) is 7.02. The van der Waals surface area contributed by atoms with E-state index in [1.54, 1.807) is 6.92 Å². The van der Waals surface area contributed by atoms with Crippen LogP contribution in [0.15, 0.2) is 23.5 Å². The van der Waals surface area contributed by atoms with Crippen molar-refractivity contribution in [3.8, 4) is 0 Å². The van der Waals surface area contributed by atoms with Crippen molar-refractivity contribution in [1.29, 1.82) is 0 Å². The Morgan fingerprint density at radius 3 is 2.20 bits per heavy atom. The van der Waals surface area contributed by atoms with Gasteiger partial charge in [0.25, 0.3) is 0 Å². The van der Waals surface area contributed by atoms with Crippen molar-refractivity contribution in [1.82, 2.24) is 0 Å². The van der Waals surface area contributed by atoms with Crippen LogP contribution < -0.4 is 0 Å². The second-order valence-electron chi connectivity index (χ2n) is 3.17. The van der Waals surface area contributed by atoms with Crippen molar-refractivity contribution in [2.45, 2.75) is 20.3 Å². The molecular formula is C10H12O5. The molecule has 0 atom stereocenters. The lowest BCUT2D eigenvalue weighted by atomic mass is 10.2. The van der Waals surface area contributed by atoms with Crippen LogP contribution in [-0.2, 0) is 24.1 Å². The average Bonchev–Trinajstić information content (AvgIpc) is 2.10. The Bertz CT molecular complexity index is 334. The van der Waals surface area contributed by atoms with E-state index in [0.717, 1.165) is 0 Å². The first-order valence-corrected chi connectivity index (χ1v) is 4.43. The molecule has 0 spiro atoms. The number of carbonyl (C=O) groups is 2. The molecule has 0 aromatic rings. The third kappa shape index (κ3) is 2.83. The van der Waals surface area contributed by atoms with E-state index in [0.29, 0.717) is 24.4 Å². The van der Waals surface area contributed by atoms with Crippen LogP contribution in [0.5, 0.6) is 0 Å². The zero-order valence-corrected chi connectivity index (χ0v) is 8.66. The highest BCUT2D eigenvalue weighted by molar-refractivity contribution is 5.90. The van der Waals surface area contributed by atoms with Gasteiger partial charge in [-0.3, -0.25) is 0 Å². The summed E-state index contributed by atoms with van der Waals surface area (Å²) in [5, 5.41) is 0. The van der Waals surface area contributed by atoms with Crippen LogP contribution in [0.4, 0.5) is 0 Å². The summed E-state index contributed by atoms with van der Waals surface area (Å²) in [6, 6.07) is 0. The van der Waals surface area contributed by atoms with Crippen molar-refractivity contribution < 1.29 is 24.1 Å². The van der Waals surface area contributed by atoms with Gasteiger partial charge in [-0.25, -0.2) is 19.4 Å². The van der Waals surface area contributed by atoms with E-state index >= 15 is 0 Å². The lowest BCUT2D eigenvalue weighted by Crippen LogP contribution is -2.18. The quantitative estimate of drug-likeness (QED) is 0.391. The third-order valence-corrected chi connectivity index (χ3v) is 1.87. The van der Waals surface area contributed by atoms with E-state index in [4.69, 9.17) is 4.74 Å². The first-order valence-electron chi connectivity index (χ1n) is 4.43. The van der Waals surface area contributed by atoms with Crippen LogP contribution in [0.2, 0.25) is 0 Å². The molecule has 0 N–H and O–H groups in total. The van der Waals surface area contributed by atoms with E-state index in [2.05, 4.69) is 16.4 Å². The third-order valence-electron chi connectivity index (χ3n) is 1.87. The summed E-state index contributed by atoms with van der Waals surface area (Å²) < 4.78 is 4.99. The highest BCUT2D eigenvalue weighted by atomic mass is 17.2. The fourth-order valence-electron chi connectivity index (χ4n) is 0.823. The van der Waals surface area contributed by atoms with Gasteiger partial charge in [-0.2, -0.15) is 0 Å². The minimum Gasteiger partial charge on any atom is -0.497 e. The van der Waals surface area contributed by atoms with Crippen molar-refractivity contribution >= 4 is 11.9 Å². The Kier molecular flexibility index (Phi) is 3.49. The summed E-state index contributed by atoms with van der Waals surface area (Å²) >= 11 is 0. The van der Waals surface area contributed by atoms with E-state index in [1.165, 1.54) is 6.92 Å². The average molecular weight is 212 g/mol. The number of hydrogen-bond donors (Lipinski definition) is 0. The van der Waals surface area contributed by atoms with Crippen LogP contribution in [0.25, 0.3) is 0 Å². The number of hydrogen-bond acceptors (Lipinski definition) is 5. The van der Waals surface area contributed by atoms with Crippen LogP contribution in [0, 0.1) is 0 Å². The minimum absolute atomic E-state index is 0.160. The van der Waals surface area contributed by atoms with Crippen LogP contribution in [-0.4, -0.2) is 18.5 Å². The van der Waals surface area contributed by atoms with E-state index in [-0.39, 0.29) is 5.57 Å². The molecule has 1 aliphatic rings. The largest absolute Gasteiger partial charge is 0.497 e. The van der Waals surface area contributed by atoms with Gasteiger partial charge in [0.05, 0.1) is 12.2 Å². The Morgan fingerprint density at radius 1 is 1.27 bits per heavy atom. The fraction of sp³-hybridized carbons (Fsp3) is 0.400. The molecule has 82 valence electrons. The van der Waals surface area contributed by atoms with Crippen molar-refractivity contribution in [2.24, 2.45) is 0 Å². The number of rotatable bonds is 2. The van der Waals surface area contributed by atoms with Gasteiger partial charge in [0.2, 0.25) is 0 Å². The standard InChI is InChI=1S/C10H12O5/c1-6(2)9(11)14-15-10(12)7(3)8-4-5-13-8/h1,4-5H2,2-3H3/b8-7-. The first kappa shape index (κ1) is 11.3. The van der Waals surface area contributed by atoms with Gasteiger partial charge in [0.15, 0.2) is 0 Å². The summed E-state index contributed by atoms with van der Waals surface area (Å²) in [6.07, 6.45) is 0.704. The smallest absolute Gasteiger partial charge is 0.385 e. The Labute approximate surface area is 87.2 Å². The molecule has 0 unspecified atom stereocenters. The Hall–Kier alpha value is -1.78. The SMILES string of the molecule is C=C(C)C(=O)OOC(=O)/C(C)=C1/CCO1. The van der Waals surface area contributed by atoms with Crippen LogP contribution in [0.1, 0.15) is 20.3 Å². The molecule has 15 heavy (non-hydrogen) atoms. The minimum atomic E-state index is -0.768. The Morgan fingerprint density at radius 2 is 1.80 bits per heavy atom. The predicted molar refractivity (Wildman–Crippen MR) is 50.3 cm³/mol. The summed E-state index contributed by atoms with van der Waals surface area (Å²) in [4.78, 5) is 30.6. The maximum absolute atomic E-state index is 11.2. The van der Waals surface area contributed by atoms with Gasteiger partial charge in [-0.05, 0) is 13.8 Å². The second-order valence-corrected chi connectivity index (χ2v) is 3.17. The van der Waals surface area contributed by atoms with Crippen LogP contribution in [0.3, 0.4) is 0 Å². The molecule has 1 rings (SSSR count). The Balaban J connectivity index is 2.43. The molecule has 0 saturated carbocycles. The molecule has 5 heteroatoms. The molecule has 0 aliphatic carbocycles. The molecule has 0 bridgehead atoms. The summed E-state index contributed by atoms with van der Waals surface area (Å²) in [6.45, 7) is 6.94. The monoisotopic (exact) mass is 212 g/mol. The molecule has 0 aromatic heterocycles. The van der Waals surface area contributed by atoms with Crippen molar-refractivity contribution in [3.63, 3.8) is 0 Å². The van der Waals surface area contributed by atoms with Gasteiger partial charge >= 0.3 is 11.9 Å². The molecule has 1 fully saturated rings. The summed E-state index contributed by atoms with van der Waals surface area (Å²) in [5.74, 6) is -0.915.